The topological polar surface area (TPSA) is 44.8 Å². The van der Waals surface area contributed by atoms with Crippen molar-refractivity contribution in [3.05, 3.63) is 48.0 Å². The van der Waals surface area contributed by atoms with E-state index in [1.165, 1.54) is 5.57 Å². The Bertz CT molecular complexity index is 795. The van der Waals surface area contributed by atoms with E-state index < -0.39 is 0 Å². The minimum atomic E-state index is 0.798. The molecule has 0 bridgehead atoms. The summed E-state index contributed by atoms with van der Waals surface area (Å²) in [5.41, 5.74) is 5.46. The molecule has 4 heteroatoms. The molecule has 0 spiro atoms. The van der Waals surface area contributed by atoms with E-state index in [0.29, 0.717) is 0 Å². The van der Waals surface area contributed by atoms with Gasteiger partial charge in [0.2, 0.25) is 0 Å². The van der Waals surface area contributed by atoms with Crippen LogP contribution in [0.4, 0.5) is 5.82 Å². The van der Waals surface area contributed by atoms with Crippen LogP contribution in [0.2, 0.25) is 0 Å². The number of anilines is 1. The fourth-order valence-corrected chi connectivity index (χ4v) is 2.97. The summed E-state index contributed by atoms with van der Waals surface area (Å²) in [6.07, 6.45) is 8.89. The molecule has 0 aromatic carbocycles. The zero-order valence-corrected chi connectivity index (χ0v) is 14.2. The van der Waals surface area contributed by atoms with Crippen LogP contribution >= 0.6 is 0 Å². The molecule has 0 fully saturated rings. The summed E-state index contributed by atoms with van der Waals surface area (Å²) in [7, 11) is 0. The van der Waals surface area contributed by atoms with Gasteiger partial charge in [-0.3, -0.25) is 0 Å². The van der Waals surface area contributed by atoms with Crippen LogP contribution in [0.3, 0.4) is 0 Å². The Morgan fingerprint density at radius 1 is 1.35 bits per heavy atom. The summed E-state index contributed by atoms with van der Waals surface area (Å²) in [4.78, 5) is 15.1. The number of fused-ring (bicyclic) bond motifs is 1. The second kappa shape index (κ2) is 6.41. The van der Waals surface area contributed by atoms with Crippen LogP contribution in [-0.2, 0) is 0 Å². The maximum absolute atomic E-state index is 4.69. The molecule has 2 aromatic rings. The zero-order valence-electron chi connectivity index (χ0n) is 14.2. The predicted octanol–water partition coefficient (Wildman–Crippen LogP) is 4.40. The fourth-order valence-electron chi connectivity index (χ4n) is 2.97. The van der Waals surface area contributed by atoms with Gasteiger partial charge in [0.1, 0.15) is 11.3 Å². The van der Waals surface area contributed by atoms with Crippen LogP contribution in [0.25, 0.3) is 16.6 Å². The van der Waals surface area contributed by atoms with Crippen LogP contribution < -0.4 is 4.90 Å². The van der Waals surface area contributed by atoms with E-state index in [1.54, 1.807) is 0 Å². The Labute approximate surface area is 137 Å². The second-order valence-corrected chi connectivity index (χ2v) is 6.15. The lowest BCUT2D eigenvalue weighted by Gasteiger charge is -2.22. The van der Waals surface area contributed by atoms with Crippen molar-refractivity contribution in [1.29, 1.82) is 0 Å². The van der Waals surface area contributed by atoms with Crippen LogP contribution in [0, 0.1) is 6.92 Å². The maximum Gasteiger partial charge on any atom is 0.157 e. The zero-order chi connectivity index (χ0) is 16.4. The quantitative estimate of drug-likeness (QED) is 0.833. The van der Waals surface area contributed by atoms with Gasteiger partial charge < -0.3 is 9.88 Å². The van der Waals surface area contributed by atoms with E-state index >= 15 is 0 Å². The van der Waals surface area contributed by atoms with Crippen molar-refractivity contribution in [2.24, 2.45) is 0 Å². The first-order valence-corrected chi connectivity index (χ1v) is 8.22. The lowest BCUT2D eigenvalue weighted by Crippen LogP contribution is -2.26. The van der Waals surface area contributed by atoms with Crippen molar-refractivity contribution in [3.63, 3.8) is 0 Å². The Morgan fingerprint density at radius 3 is 2.83 bits per heavy atom. The molecule has 23 heavy (non-hydrogen) atoms. The number of hydrogen-bond acceptors (Lipinski definition) is 3. The molecular weight excluding hydrogens is 284 g/mol. The number of likely N-dealkylation sites (N-methyl/N-ethyl adjacent to an activating group) is 1. The number of H-pyrrole nitrogens is 1. The molecule has 3 rings (SSSR count). The number of nitrogens with one attached hydrogen (secondary N) is 1. The van der Waals surface area contributed by atoms with Gasteiger partial charge in [0.25, 0.3) is 0 Å². The van der Waals surface area contributed by atoms with E-state index in [2.05, 4.69) is 57.6 Å². The summed E-state index contributed by atoms with van der Waals surface area (Å²) in [5.74, 6) is 1.76. The Kier molecular flexibility index (Phi) is 4.33. The highest BCUT2D eigenvalue weighted by Crippen LogP contribution is 2.29. The predicted molar refractivity (Wildman–Crippen MR) is 97.7 cm³/mol. The molecule has 0 amide bonds. The van der Waals surface area contributed by atoms with Crippen molar-refractivity contribution < 1.29 is 0 Å². The number of nitrogens with zero attached hydrogens (tertiary/aromatic N) is 3. The minimum Gasteiger partial charge on any atom is -0.351 e. The SMILES string of the molecule is C=C(C)CN(CC)c1nc(C)nc2cc(C3=CCCC=C3)[nH]c12. The fraction of sp³-hybridized carbons (Fsp3) is 0.368. The molecule has 4 nitrogen and oxygen atoms in total. The summed E-state index contributed by atoms with van der Waals surface area (Å²) in [6.45, 7) is 11.9. The van der Waals surface area contributed by atoms with Crippen LogP contribution in [-0.4, -0.2) is 28.0 Å². The van der Waals surface area contributed by atoms with E-state index in [1.807, 2.05) is 13.8 Å². The van der Waals surface area contributed by atoms with Gasteiger partial charge in [0.05, 0.1) is 5.52 Å². The molecule has 2 heterocycles. The molecule has 120 valence electrons. The molecule has 0 saturated heterocycles. The molecule has 0 radical (unpaired) electrons. The number of hydrogen-bond donors (Lipinski definition) is 1. The molecule has 2 aromatic heterocycles. The molecule has 1 N–H and O–H groups in total. The van der Waals surface area contributed by atoms with Crippen molar-refractivity contribution in [2.45, 2.75) is 33.6 Å². The van der Waals surface area contributed by atoms with E-state index in [9.17, 15) is 0 Å². The highest BCUT2D eigenvalue weighted by Gasteiger charge is 2.16. The summed E-state index contributed by atoms with van der Waals surface area (Å²) in [6, 6.07) is 2.13. The first-order chi connectivity index (χ1) is 11.1. The normalized spacial score (nSPS) is 14.1. The average molecular weight is 308 g/mol. The van der Waals surface area contributed by atoms with Crippen LogP contribution in [0.5, 0.6) is 0 Å². The molecular formula is C19H24N4. The largest absolute Gasteiger partial charge is 0.351 e. The number of aryl methyl sites for hydroxylation is 1. The third-order valence-corrected chi connectivity index (χ3v) is 4.02. The average Bonchev–Trinajstić information content (AvgIpc) is 2.96. The standard InChI is InChI=1S/C19H24N4/c1-5-23(12-13(2)3)19-18-17(20-14(4)21-19)11-16(22-18)15-9-7-6-8-10-15/h7,9-11,22H,2,5-6,8,12H2,1,3-4H3. The van der Waals surface area contributed by atoms with Gasteiger partial charge in [0.15, 0.2) is 5.82 Å². The van der Waals surface area contributed by atoms with Gasteiger partial charge in [-0.1, -0.05) is 30.4 Å². The highest BCUT2D eigenvalue weighted by molar-refractivity contribution is 5.91. The smallest absolute Gasteiger partial charge is 0.157 e. The molecule has 1 aliphatic carbocycles. The lowest BCUT2D eigenvalue weighted by molar-refractivity contribution is 0.853. The molecule has 0 atom stereocenters. The minimum absolute atomic E-state index is 0.798. The molecule has 1 aliphatic rings. The third-order valence-electron chi connectivity index (χ3n) is 4.02. The summed E-state index contributed by atoms with van der Waals surface area (Å²) >= 11 is 0. The number of rotatable bonds is 5. The second-order valence-electron chi connectivity index (χ2n) is 6.15. The first kappa shape index (κ1) is 15.5. The summed E-state index contributed by atoms with van der Waals surface area (Å²) in [5, 5.41) is 0. The molecule has 0 saturated carbocycles. The van der Waals surface area contributed by atoms with Gasteiger partial charge in [0, 0.05) is 18.8 Å². The maximum atomic E-state index is 4.69. The monoisotopic (exact) mass is 308 g/mol. The lowest BCUT2D eigenvalue weighted by atomic mass is 10.0. The van der Waals surface area contributed by atoms with Gasteiger partial charge in [-0.2, -0.15) is 0 Å². The Balaban J connectivity index is 2.10. The molecule has 0 unspecified atom stereocenters. The molecule has 0 aliphatic heterocycles. The van der Waals surface area contributed by atoms with Crippen molar-refractivity contribution >= 4 is 22.4 Å². The summed E-state index contributed by atoms with van der Waals surface area (Å²) < 4.78 is 0. The number of allylic oxidation sites excluding steroid dienone is 4. The van der Waals surface area contributed by atoms with Crippen molar-refractivity contribution in [3.8, 4) is 0 Å². The van der Waals surface area contributed by atoms with E-state index in [0.717, 1.165) is 59.9 Å². The van der Waals surface area contributed by atoms with Crippen LogP contribution in [0.1, 0.15) is 38.2 Å². The van der Waals surface area contributed by atoms with Crippen LogP contribution in [0.15, 0.2) is 36.4 Å². The van der Waals surface area contributed by atoms with Gasteiger partial charge >= 0.3 is 0 Å². The van der Waals surface area contributed by atoms with E-state index in [-0.39, 0.29) is 0 Å². The van der Waals surface area contributed by atoms with Gasteiger partial charge in [-0.15, -0.1) is 0 Å². The Morgan fingerprint density at radius 2 is 2.17 bits per heavy atom. The van der Waals surface area contributed by atoms with Gasteiger partial charge in [-0.25, -0.2) is 9.97 Å². The first-order valence-electron chi connectivity index (χ1n) is 8.22. The van der Waals surface area contributed by atoms with Crippen molar-refractivity contribution in [2.75, 3.05) is 18.0 Å². The third kappa shape index (κ3) is 3.21. The number of aromatic nitrogens is 3. The van der Waals surface area contributed by atoms with E-state index in [4.69, 9.17) is 0 Å². The highest BCUT2D eigenvalue weighted by atomic mass is 15.2. The number of aromatic amines is 1. The van der Waals surface area contributed by atoms with Gasteiger partial charge in [-0.05, 0) is 45.3 Å². The Hall–Kier alpha value is -2.36. The van der Waals surface area contributed by atoms with Crippen molar-refractivity contribution in [1.82, 2.24) is 15.0 Å².